The Morgan fingerprint density at radius 1 is 1.04 bits per heavy atom. The van der Waals surface area contributed by atoms with E-state index in [9.17, 15) is 9.59 Å². The Morgan fingerprint density at radius 3 is 2.24 bits per heavy atom. The first kappa shape index (κ1) is 19.1. The summed E-state index contributed by atoms with van der Waals surface area (Å²) in [6, 6.07) is 10.2. The summed E-state index contributed by atoms with van der Waals surface area (Å²) in [5.74, 6) is 0. The van der Waals surface area contributed by atoms with Gasteiger partial charge in [0.05, 0.1) is 0 Å². The summed E-state index contributed by atoms with van der Waals surface area (Å²) in [6.45, 7) is 8.28. The molecule has 0 aliphatic carbocycles. The molecule has 1 aliphatic rings. The van der Waals surface area contributed by atoms with Crippen LogP contribution in [0.2, 0.25) is 0 Å². The van der Waals surface area contributed by atoms with Gasteiger partial charge in [0.2, 0.25) is 0 Å². The molecule has 0 saturated carbocycles. The number of amides is 3. The first-order valence-electron chi connectivity index (χ1n) is 8.90. The molecule has 0 aromatic heterocycles. The number of carbonyl (C=O) groups excluding carboxylic acids is 2. The summed E-state index contributed by atoms with van der Waals surface area (Å²) in [5.41, 5.74) is 0.785. The van der Waals surface area contributed by atoms with Crippen molar-refractivity contribution in [3.63, 3.8) is 0 Å². The van der Waals surface area contributed by atoms with Gasteiger partial charge >= 0.3 is 12.1 Å². The van der Waals surface area contributed by atoms with Crippen LogP contribution in [0.4, 0.5) is 9.59 Å². The van der Waals surface area contributed by atoms with Crippen molar-refractivity contribution < 1.29 is 14.3 Å². The molecular weight excluding hydrogens is 318 g/mol. The number of carbonyl (C=O) groups is 2. The zero-order valence-electron chi connectivity index (χ0n) is 15.5. The second-order valence-corrected chi connectivity index (χ2v) is 7.28. The minimum absolute atomic E-state index is 0.0584. The second kappa shape index (κ2) is 8.74. The SMILES string of the molecule is CC(C)(C)OC(=O)N1CCN(C(=O)NCCCc2ccccc2)CC1. The van der Waals surface area contributed by atoms with E-state index in [1.807, 2.05) is 39.0 Å². The predicted octanol–water partition coefficient (Wildman–Crippen LogP) is 2.88. The number of aryl methyl sites for hydroxylation is 1. The van der Waals surface area contributed by atoms with Gasteiger partial charge in [0, 0.05) is 32.7 Å². The lowest BCUT2D eigenvalue weighted by Crippen LogP contribution is -2.54. The molecule has 1 aromatic carbocycles. The second-order valence-electron chi connectivity index (χ2n) is 7.28. The molecule has 1 N–H and O–H groups in total. The number of benzene rings is 1. The molecule has 0 radical (unpaired) electrons. The monoisotopic (exact) mass is 347 g/mol. The Hall–Kier alpha value is -2.24. The van der Waals surface area contributed by atoms with Crippen molar-refractivity contribution in [2.45, 2.75) is 39.2 Å². The topological polar surface area (TPSA) is 61.9 Å². The maximum absolute atomic E-state index is 12.2. The highest BCUT2D eigenvalue weighted by Gasteiger charge is 2.27. The number of rotatable bonds is 4. The van der Waals surface area contributed by atoms with Crippen LogP contribution in [0.25, 0.3) is 0 Å². The van der Waals surface area contributed by atoms with Gasteiger partial charge in [0.1, 0.15) is 5.60 Å². The Kier molecular flexibility index (Phi) is 6.67. The first-order chi connectivity index (χ1) is 11.8. The van der Waals surface area contributed by atoms with Crippen molar-refractivity contribution >= 4 is 12.1 Å². The average molecular weight is 347 g/mol. The Labute approximate surface area is 150 Å². The van der Waals surface area contributed by atoms with Crippen molar-refractivity contribution in [2.24, 2.45) is 0 Å². The molecule has 0 atom stereocenters. The van der Waals surface area contributed by atoms with E-state index in [4.69, 9.17) is 4.74 Å². The van der Waals surface area contributed by atoms with Crippen LogP contribution >= 0.6 is 0 Å². The molecule has 1 saturated heterocycles. The first-order valence-corrected chi connectivity index (χ1v) is 8.90. The number of hydrogen-bond acceptors (Lipinski definition) is 3. The van der Waals surface area contributed by atoms with Gasteiger partial charge < -0.3 is 19.9 Å². The highest BCUT2D eigenvalue weighted by atomic mass is 16.6. The average Bonchev–Trinajstić information content (AvgIpc) is 2.58. The van der Waals surface area contributed by atoms with Crippen LogP contribution in [-0.2, 0) is 11.2 Å². The molecule has 6 heteroatoms. The third-order valence-electron chi connectivity index (χ3n) is 3.98. The Balaban J connectivity index is 1.64. The number of piperazine rings is 1. The largest absolute Gasteiger partial charge is 0.444 e. The summed E-state index contributed by atoms with van der Waals surface area (Å²) in [7, 11) is 0. The van der Waals surface area contributed by atoms with Crippen LogP contribution in [0.15, 0.2) is 30.3 Å². The van der Waals surface area contributed by atoms with Gasteiger partial charge in [-0.15, -0.1) is 0 Å². The van der Waals surface area contributed by atoms with E-state index >= 15 is 0 Å². The van der Waals surface area contributed by atoms with Crippen molar-refractivity contribution in [1.82, 2.24) is 15.1 Å². The maximum Gasteiger partial charge on any atom is 0.410 e. The van der Waals surface area contributed by atoms with Gasteiger partial charge in [0.15, 0.2) is 0 Å². The summed E-state index contributed by atoms with van der Waals surface area (Å²) < 4.78 is 5.36. The van der Waals surface area contributed by atoms with E-state index in [0.717, 1.165) is 12.8 Å². The molecule has 2 rings (SSSR count). The van der Waals surface area contributed by atoms with Crippen molar-refractivity contribution in [2.75, 3.05) is 32.7 Å². The standard InChI is InChI=1S/C19H29N3O3/c1-19(2,3)25-18(24)22-14-12-21(13-15-22)17(23)20-11-7-10-16-8-5-4-6-9-16/h4-6,8-9H,7,10-15H2,1-3H3,(H,20,23). The number of nitrogens with zero attached hydrogens (tertiary/aromatic N) is 2. The fraction of sp³-hybridized carbons (Fsp3) is 0.579. The molecule has 1 aromatic rings. The Bertz CT molecular complexity index is 561. The highest BCUT2D eigenvalue weighted by molar-refractivity contribution is 5.75. The number of ether oxygens (including phenoxy) is 1. The molecule has 1 aliphatic heterocycles. The van der Waals surface area contributed by atoms with Crippen molar-refractivity contribution in [1.29, 1.82) is 0 Å². The molecule has 25 heavy (non-hydrogen) atoms. The number of hydrogen-bond donors (Lipinski definition) is 1. The van der Waals surface area contributed by atoms with Crippen LogP contribution in [0.5, 0.6) is 0 Å². The van der Waals surface area contributed by atoms with E-state index in [2.05, 4.69) is 17.4 Å². The molecular formula is C19H29N3O3. The fourth-order valence-corrected chi connectivity index (χ4v) is 2.66. The van der Waals surface area contributed by atoms with Crippen LogP contribution in [0.1, 0.15) is 32.8 Å². The molecule has 0 unspecified atom stereocenters. The lowest BCUT2D eigenvalue weighted by Gasteiger charge is -2.35. The van der Waals surface area contributed by atoms with Gasteiger partial charge in [0.25, 0.3) is 0 Å². The third kappa shape index (κ3) is 6.64. The van der Waals surface area contributed by atoms with E-state index in [-0.39, 0.29) is 12.1 Å². The van der Waals surface area contributed by atoms with Crippen LogP contribution in [-0.4, -0.2) is 60.2 Å². The smallest absolute Gasteiger partial charge is 0.410 e. The van der Waals surface area contributed by atoms with Crippen LogP contribution in [0.3, 0.4) is 0 Å². The fourth-order valence-electron chi connectivity index (χ4n) is 2.66. The minimum atomic E-state index is -0.496. The van der Waals surface area contributed by atoms with Gasteiger partial charge in [-0.05, 0) is 39.2 Å². The molecule has 1 heterocycles. The van der Waals surface area contributed by atoms with Gasteiger partial charge in [-0.25, -0.2) is 9.59 Å². The zero-order valence-corrected chi connectivity index (χ0v) is 15.5. The van der Waals surface area contributed by atoms with Gasteiger partial charge in [-0.2, -0.15) is 0 Å². The zero-order chi connectivity index (χ0) is 18.3. The molecule has 0 spiro atoms. The van der Waals surface area contributed by atoms with Crippen LogP contribution in [0, 0.1) is 0 Å². The van der Waals surface area contributed by atoms with E-state index in [1.165, 1.54) is 5.56 Å². The van der Waals surface area contributed by atoms with E-state index in [1.54, 1.807) is 9.80 Å². The highest BCUT2D eigenvalue weighted by Crippen LogP contribution is 2.12. The minimum Gasteiger partial charge on any atom is -0.444 e. The van der Waals surface area contributed by atoms with E-state index < -0.39 is 5.60 Å². The van der Waals surface area contributed by atoms with Crippen molar-refractivity contribution in [3.05, 3.63) is 35.9 Å². The number of urea groups is 1. The lowest BCUT2D eigenvalue weighted by atomic mass is 10.1. The molecule has 1 fully saturated rings. The van der Waals surface area contributed by atoms with Crippen molar-refractivity contribution in [3.8, 4) is 0 Å². The summed E-state index contributed by atoms with van der Waals surface area (Å²) in [6.07, 6.45) is 1.55. The normalized spacial score (nSPS) is 15.0. The van der Waals surface area contributed by atoms with E-state index in [0.29, 0.717) is 32.7 Å². The molecule has 6 nitrogen and oxygen atoms in total. The third-order valence-corrected chi connectivity index (χ3v) is 3.98. The Morgan fingerprint density at radius 2 is 1.64 bits per heavy atom. The lowest BCUT2D eigenvalue weighted by molar-refractivity contribution is 0.0170. The maximum atomic E-state index is 12.2. The molecule has 138 valence electrons. The summed E-state index contributed by atoms with van der Waals surface area (Å²) >= 11 is 0. The molecule has 3 amide bonds. The molecule has 0 bridgehead atoms. The summed E-state index contributed by atoms with van der Waals surface area (Å²) in [4.78, 5) is 27.6. The summed E-state index contributed by atoms with van der Waals surface area (Å²) in [5, 5.41) is 2.96. The van der Waals surface area contributed by atoms with Gasteiger partial charge in [-0.1, -0.05) is 30.3 Å². The predicted molar refractivity (Wildman–Crippen MR) is 97.5 cm³/mol. The quantitative estimate of drug-likeness (QED) is 0.852. The van der Waals surface area contributed by atoms with Crippen LogP contribution < -0.4 is 5.32 Å². The van der Waals surface area contributed by atoms with Gasteiger partial charge in [-0.3, -0.25) is 0 Å². The number of nitrogens with one attached hydrogen (secondary N) is 1.